The van der Waals surface area contributed by atoms with Crippen molar-refractivity contribution in [3.63, 3.8) is 0 Å². The Hall–Kier alpha value is -2.78. The van der Waals surface area contributed by atoms with Crippen molar-refractivity contribution >= 4 is 21.6 Å². The number of hydrogen-bond donors (Lipinski definition) is 3. The van der Waals surface area contributed by atoms with Crippen molar-refractivity contribution in [2.75, 3.05) is 31.1 Å². The normalized spacial score (nSPS) is 11.0. The molecule has 0 aromatic heterocycles. The van der Waals surface area contributed by atoms with Gasteiger partial charge in [0.1, 0.15) is 11.5 Å². The zero-order chi connectivity index (χ0) is 21.3. The maximum absolute atomic E-state index is 12.6. The summed E-state index contributed by atoms with van der Waals surface area (Å²) in [5.41, 5.74) is 1.01. The van der Waals surface area contributed by atoms with Crippen LogP contribution in [0.1, 0.15) is 18.9 Å². The highest BCUT2D eigenvalue weighted by molar-refractivity contribution is 7.92. The van der Waals surface area contributed by atoms with Crippen molar-refractivity contribution in [2.45, 2.75) is 25.2 Å². The second kappa shape index (κ2) is 10.7. The van der Waals surface area contributed by atoms with E-state index in [0.717, 1.165) is 0 Å². The Bertz CT molecular complexity index is 913. The molecule has 8 nitrogen and oxygen atoms in total. The Labute approximate surface area is 170 Å². The van der Waals surface area contributed by atoms with E-state index >= 15 is 0 Å². The molecule has 0 radical (unpaired) electrons. The number of ether oxygens (including phenoxy) is 2. The van der Waals surface area contributed by atoms with Crippen molar-refractivity contribution in [3.05, 3.63) is 48.0 Å². The monoisotopic (exact) mass is 422 g/mol. The standard InChI is InChI=1S/C20H26N2O6S/c1-3-27-17-7-5-16(6-8-17)22-29(25,26)18-9-10-19(15(2)13-18)28-14-20(24)21-11-4-12-23/h5-10,13,22-23H,3-4,11-12,14H2,1-2H3,(H,21,24). The number of aliphatic hydroxyl groups excluding tert-OH is 1. The van der Waals surface area contributed by atoms with Crippen LogP contribution in [0.5, 0.6) is 11.5 Å². The molecule has 0 aliphatic carbocycles. The lowest BCUT2D eigenvalue weighted by atomic mass is 10.2. The van der Waals surface area contributed by atoms with Crippen molar-refractivity contribution in [2.24, 2.45) is 0 Å². The van der Waals surface area contributed by atoms with Gasteiger partial charge in [-0.05, 0) is 68.3 Å². The highest BCUT2D eigenvalue weighted by Gasteiger charge is 2.16. The van der Waals surface area contributed by atoms with Crippen LogP contribution in [0.3, 0.4) is 0 Å². The summed E-state index contributed by atoms with van der Waals surface area (Å²) in [5.74, 6) is 0.766. The Balaban J connectivity index is 2.01. The van der Waals surface area contributed by atoms with Gasteiger partial charge in [0.15, 0.2) is 6.61 Å². The molecule has 0 unspecified atom stereocenters. The van der Waals surface area contributed by atoms with Crippen LogP contribution in [0.25, 0.3) is 0 Å². The first-order valence-corrected chi connectivity index (χ1v) is 10.7. The number of nitrogens with one attached hydrogen (secondary N) is 2. The molecule has 1 amide bonds. The number of carbonyl (C=O) groups excluding carboxylic acids is 1. The zero-order valence-electron chi connectivity index (χ0n) is 16.5. The van der Waals surface area contributed by atoms with Gasteiger partial charge in [-0.25, -0.2) is 8.42 Å². The van der Waals surface area contributed by atoms with Gasteiger partial charge in [0, 0.05) is 18.8 Å². The Kier molecular flexibility index (Phi) is 8.29. The molecule has 0 atom stereocenters. The number of sulfonamides is 1. The summed E-state index contributed by atoms with van der Waals surface area (Å²) in [4.78, 5) is 11.8. The second-order valence-corrected chi connectivity index (χ2v) is 7.89. The van der Waals surface area contributed by atoms with E-state index in [1.165, 1.54) is 18.2 Å². The SMILES string of the molecule is CCOc1ccc(NS(=O)(=O)c2ccc(OCC(=O)NCCCO)c(C)c2)cc1. The van der Waals surface area contributed by atoms with Gasteiger partial charge in [0.25, 0.3) is 15.9 Å². The predicted molar refractivity (Wildman–Crippen MR) is 110 cm³/mol. The molecule has 2 aromatic rings. The third-order valence-electron chi connectivity index (χ3n) is 3.89. The summed E-state index contributed by atoms with van der Waals surface area (Å²) < 4.78 is 38.6. The number of rotatable bonds is 11. The average Bonchev–Trinajstić information content (AvgIpc) is 2.68. The summed E-state index contributed by atoms with van der Waals surface area (Å²) in [6.07, 6.45) is 0.471. The van der Waals surface area contributed by atoms with Crippen molar-refractivity contribution < 1.29 is 27.8 Å². The molecular formula is C20H26N2O6S. The van der Waals surface area contributed by atoms with Gasteiger partial charge in [-0.1, -0.05) is 0 Å². The van der Waals surface area contributed by atoms with Crippen LogP contribution in [0.4, 0.5) is 5.69 Å². The molecular weight excluding hydrogens is 396 g/mol. The van der Waals surface area contributed by atoms with E-state index < -0.39 is 10.0 Å². The second-order valence-electron chi connectivity index (χ2n) is 6.21. The molecule has 0 saturated carbocycles. The first-order valence-electron chi connectivity index (χ1n) is 9.22. The minimum atomic E-state index is -3.77. The molecule has 0 aliphatic heterocycles. The lowest BCUT2D eigenvalue weighted by Gasteiger charge is -2.12. The number of carbonyl (C=O) groups is 1. The number of amides is 1. The molecule has 9 heteroatoms. The highest BCUT2D eigenvalue weighted by atomic mass is 32.2. The highest BCUT2D eigenvalue weighted by Crippen LogP contribution is 2.24. The minimum absolute atomic E-state index is 0.000872. The molecule has 0 fully saturated rings. The zero-order valence-corrected chi connectivity index (χ0v) is 17.3. The van der Waals surface area contributed by atoms with Crippen molar-refractivity contribution in [1.29, 1.82) is 0 Å². The van der Waals surface area contributed by atoms with Crippen LogP contribution in [-0.2, 0) is 14.8 Å². The molecule has 2 aromatic carbocycles. The number of hydrogen-bond acceptors (Lipinski definition) is 6. The molecule has 2 rings (SSSR count). The number of anilines is 1. The van der Waals surface area contributed by atoms with Crippen LogP contribution in [0, 0.1) is 6.92 Å². The minimum Gasteiger partial charge on any atom is -0.494 e. The van der Waals surface area contributed by atoms with E-state index in [4.69, 9.17) is 14.6 Å². The van der Waals surface area contributed by atoms with Gasteiger partial charge in [-0.2, -0.15) is 0 Å². The number of aryl methyl sites for hydroxylation is 1. The maximum Gasteiger partial charge on any atom is 0.261 e. The maximum atomic E-state index is 12.6. The summed E-state index contributed by atoms with van der Waals surface area (Å²) >= 11 is 0. The molecule has 3 N–H and O–H groups in total. The lowest BCUT2D eigenvalue weighted by Crippen LogP contribution is -2.30. The fraction of sp³-hybridized carbons (Fsp3) is 0.350. The lowest BCUT2D eigenvalue weighted by molar-refractivity contribution is -0.123. The number of benzene rings is 2. The molecule has 0 bridgehead atoms. The van der Waals surface area contributed by atoms with E-state index in [-0.39, 0.29) is 24.0 Å². The van der Waals surface area contributed by atoms with E-state index in [1.54, 1.807) is 31.2 Å². The Morgan fingerprint density at radius 3 is 2.45 bits per heavy atom. The van der Waals surface area contributed by atoms with E-state index in [9.17, 15) is 13.2 Å². The summed E-state index contributed by atoms with van der Waals surface area (Å²) in [6.45, 7) is 4.28. The van der Waals surface area contributed by atoms with Crippen LogP contribution in [0.2, 0.25) is 0 Å². The summed E-state index contributed by atoms with van der Waals surface area (Å²) in [6, 6.07) is 11.1. The molecule has 0 aliphatic rings. The third kappa shape index (κ3) is 6.95. The van der Waals surface area contributed by atoms with Gasteiger partial charge < -0.3 is 19.9 Å². The quantitative estimate of drug-likeness (QED) is 0.478. The van der Waals surface area contributed by atoms with E-state index in [1.807, 2.05) is 6.92 Å². The van der Waals surface area contributed by atoms with Crippen molar-refractivity contribution in [3.8, 4) is 11.5 Å². The fourth-order valence-corrected chi connectivity index (χ4v) is 3.60. The van der Waals surface area contributed by atoms with Gasteiger partial charge in [0.2, 0.25) is 0 Å². The van der Waals surface area contributed by atoms with Gasteiger partial charge in [-0.3, -0.25) is 9.52 Å². The number of aliphatic hydroxyl groups is 1. The Morgan fingerprint density at radius 2 is 1.83 bits per heavy atom. The molecule has 29 heavy (non-hydrogen) atoms. The van der Waals surface area contributed by atoms with Crippen molar-refractivity contribution in [1.82, 2.24) is 5.32 Å². The topological polar surface area (TPSA) is 114 Å². The summed E-state index contributed by atoms with van der Waals surface area (Å²) in [5, 5.41) is 11.3. The fourth-order valence-electron chi connectivity index (χ4n) is 2.45. The average molecular weight is 423 g/mol. The van der Waals surface area contributed by atoms with Crippen LogP contribution in [-0.4, -0.2) is 45.8 Å². The first kappa shape index (κ1) is 22.5. The van der Waals surface area contributed by atoms with Gasteiger partial charge in [0.05, 0.1) is 11.5 Å². The molecule has 0 spiro atoms. The third-order valence-corrected chi connectivity index (χ3v) is 5.27. The van der Waals surface area contributed by atoms with Gasteiger partial charge >= 0.3 is 0 Å². The smallest absolute Gasteiger partial charge is 0.261 e. The van der Waals surface area contributed by atoms with Crippen LogP contribution < -0.4 is 19.5 Å². The summed E-state index contributed by atoms with van der Waals surface area (Å²) in [7, 11) is -3.77. The molecule has 0 heterocycles. The molecule has 158 valence electrons. The van der Waals surface area contributed by atoms with Crippen LogP contribution in [0.15, 0.2) is 47.4 Å². The first-order chi connectivity index (χ1) is 13.9. The van der Waals surface area contributed by atoms with E-state index in [2.05, 4.69) is 10.0 Å². The van der Waals surface area contributed by atoms with E-state index in [0.29, 0.717) is 42.3 Å². The molecule has 0 saturated heterocycles. The largest absolute Gasteiger partial charge is 0.494 e. The van der Waals surface area contributed by atoms with Crippen LogP contribution >= 0.6 is 0 Å². The predicted octanol–water partition coefficient (Wildman–Crippen LogP) is 2.07. The Morgan fingerprint density at radius 1 is 1.10 bits per heavy atom. The van der Waals surface area contributed by atoms with Gasteiger partial charge in [-0.15, -0.1) is 0 Å².